The molecule has 5 rings (SSSR count). The van der Waals surface area contributed by atoms with E-state index in [1.165, 1.54) is 23.1 Å². The largest absolute Gasteiger partial charge is 0.480 e. The molecule has 0 bridgehead atoms. The summed E-state index contributed by atoms with van der Waals surface area (Å²) in [6, 6.07) is 17.9. The van der Waals surface area contributed by atoms with Crippen molar-refractivity contribution in [1.82, 2.24) is 19.7 Å². The zero-order chi connectivity index (χ0) is 33.6. The van der Waals surface area contributed by atoms with Crippen LogP contribution in [0.3, 0.4) is 0 Å². The Labute approximate surface area is 272 Å². The van der Waals surface area contributed by atoms with Crippen LogP contribution in [0.2, 0.25) is 0 Å². The topological polar surface area (TPSA) is 167 Å². The van der Waals surface area contributed by atoms with Crippen molar-refractivity contribution in [3.05, 3.63) is 107 Å². The fourth-order valence-electron chi connectivity index (χ4n) is 5.35. The molecule has 0 spiro atoms. The highest BCUT2D eigenvalue weighted by molar-refractivity contribution is 7.94. The smallest absolute Gasteiger partial charge is 0.321 e. The van der Waals surface area contributed by atoms with Gasteiger partial charge >= 0.3 is 5.97 Å². The number of likely N-dealkylation sites (tertiary alicyclic amines) is 1. The number of carbonyl (C=O) groups excluding carboxylic acids is 2. The molecule has 2 amide bonds. The molecule has 0 unspecified atom stereocenters. The average Bonchev–Trinajstić information content (AvgIpc) is 3.60. The fraction of sp³-hybridized carbons (Fsp3) is 0.265. The first-order valence-electron chi connectivity index (χ1n) is 14.9. The number of nitrogens with zero attached hydrogens (tertiary/aromatic N) is 5. The van der Waals surface area contributed by atoms with Crippen LogP contribution in [-0.4, -0.2) is 82.9 Å². The van der Waals surface area contributed by atoms with Gasteiger partial charge in [0.15, 0.2) is 0 Å². The Morgan fingerprint density at radius 3 is 2.53 bits per heavy atom. The summed E-state index contributed by atoms with van der Waals surface area (Å²) in [6.45, 7) is 2.30. The van der Waals surface area contributed by atoms with Gasteiger partial charge in [0, 0.05) is 66.4 Å². The summed E-state index contributed by atoms with van der Waals surface area (Å²) in [4.78, 5) is 43.8. The lowest BCUT2D eigenvalue weighted by atomic mass is 10.1. The Kier molecular flexibility index (Phi) is 10.3. The molecule has 0 radical (unpaired) electrons. The molecule has 3 N–H and O–H groups in total. The number of carboxylic acids is 1. The molecule has 1 aliphatic heterocycles. The van der Waals surface area contributed by atoms with Gasteiger partial charge in [0.05, 0.1) is 27.1 Å². The van der Waals surface area contributed by atoms with Gasteiger partial charge in [-0.2, -0.15) is 9.46 Å². The molecule has 3 atom stereocenters. The number of aliphatic hydroxyl groups excluding tert-OH is 1. The number of aromatic nitrogens is 3. The van der Waals surface area contributed by atoms with Crippen molar-refractivity contribution in [3.8, 4) is 11.8 Å². The van der Waals surface area contributed by atoms with E-state index in [1.54, 1.807) is 72.6 Å². The van der Waals surface area contributed by atoms with E-state index < -0.39 is 33.8 Å². The number of carboxylic acid groups (broad SMARTS) is 1. The third-order valence-electron chi connectivity index (χ3n) is 7.57. The number of aliphatic carboxylic acids is 1. The first-order valence-corrected chi connectivity index (χ1v) is 16.6. The number of benzene rings is 2. The summed E-state index contributed by atoms with van der Waals surface area (Å²) in [5.74, 6) is 3.98. The lowest BCUT2D eigenvalue weighted by molar-refractivity contribution is -0.142. The van der Waals surface area contributed by atoms with E-state index in [1.807, 2.05) is 6.92 Å². The van der Waals surface area contributed by atoms with Gasteiger partial charge in [-0.15, -0.1) is 0 Å². The summed E-state index contributed by atoms with van der Waals surface area (Å²) >= 11 is 0. The fourth-order valence-corrected chi connectivity index (χ4v) is 7.25. The number of carbonyl (C=O) groups is 3. The number of pyridine rings is 1. The molecule has 1 saturated heterocycles. The summed E-state index contributed by atoms with van der Waals surface area (Å²) in [7, 11) is -1.53. The van der Waals surface area contributed by atoms with Crippen LogP contribution in [0.4, 0.5) is 5.69 Å². The number of hydrogen-bond acceptors (Lipinski definition) is 8. The Balaban J connectivity index is 1.32. The van der Waals surface area contributed by atoms with Crippen LogP contribution in [-0.2, 0) is 21.6 Å². The van der Waals surface area contributed by atoms with Gasteiger partial charge < -0.3 is 15.5 Å². The summed E-state index contributed by atoms with van der Waals surface area (Å²) in [5.41, 5.74) is 2.87. The van der Waals surface area contributed by atoms with E-state index in [0.717, 1.165) is 5.69 Å². The van der Waals surface area contributed by atoms with Gasteiger partial charge in [-0.25, -0.2) is 4.21 Å². The van der Waals surface area contributed by atoms with Crippen molar-refractivity contribution in [3.63, 3.8) is 0 Å². The molecule has 0 saturated carbocycles. The standard InChI is InChI=1S/C34H34N6O6S/c1-23-16-30(39(2)37-23)33(43)36-27-9-6-8-24(18-27)12-13-25-17-26(21-35-20-25)32(42)38-47(46,29-10-4-3-5-11-29)15-7-14-40-22-28(41)19-31(40)34(44)45/h3-6,8-11,16-18,20-21,28,31,41H,7,14-15,19,22H2,1-2H3,(H,36,43)(H,44,45)/t28-,31+,47-/m0/s1. The molecule has 2 aromatic heterocycles. The molecule has 47 heavy (non-hydrogen) atoms. The minimum Gasteiger partial charge on any atom is -0.480 e. The van der Waals surface area contributed by atoms with Crippen LogP contribution in [0.5, 0.6) is 0 Å². The molecule has 1 fully saturated rings. The maximum absolute atomic E-state index is 14.2. The first-order chi connectivity index (χ1) is 22.5. The zero-order valence-electron chi connectivity index (χ0n) is 25.9. The number of hydrogen-bond donors (Lipinski definition) is 3. The third-order valence-corrected chi connectivity index (χ3v) is 9.88. The highest BCUT2D eigenvalue weighted by Crippen LogP contribution is 2.21. The van der Waals surface area contributed by atoms with E-state index in [4.69, 9.17) is 0 Å². The van der Waals surface area contributed by atoms with Crippen molar-refractivity contribution < 1.29 is 28.8 Å². The van der Waals surface area contributed by atoms with Crippen LogP contribution in [0.25, 0.3) is 0 Å². The van der Waals surface area contributed by atoms with Gasteiger partial charge in [-0.3, -0.25) is 28.9 Å². The molecular formula is C34H34N6O6S. The van der Waals surface area contributed by atoms with Crippen molar-refractivity contribution in [2.45, 2.75) is 36.8 Å². The number of rotatable bonds is 9. The lowest BCUT2D eigenvalue weighted by Crippen LogP contribution is -2.37. The number of aliphatic hydroxyl groups is 1. The lowest BCUT2D eigenvalue weighted by Gasteiger charge is -2.21. The molecule has 4 aromatic rings. The monoisotopic (exact) mass is 654 g/mol. The van der Waals surface area contributed by atoms with Gasteiger partial charge in [0.2, 0.25) is 0 Å². The first kappa shape index (κ1) is 33.2. The quantitative estimate of drug-likeness (QED) is 0.229. The van der Waals surface area contributed by atoms with Gasteiger partial charge in [0.1, 0.15) is 11.7 Å². The molecule has 2 aromatic carbocycles. The highest BCUT2D eigenvalue weighted by atomic mass is 32.2. The predicted molar refractivity (Wildman–Crippen MR) is 175 cm³/mol. The number of amides is 2. The Bertz CT molecular complexity index is 1990. The van der Waals surface area contributed by atoms with E-state index in [9.17, 15) is 28.8 Å². The number of anilines is 1. The number of β-amino-alcohol motifs (C(OH)–C–C–N with tert-alkyl or cyclic N) is 1. The van der Waals surface area contributed by atoms with E-state index in [0.29, 0.717) is 33.8 Å². The van der Waals surface area contributed by atoms with Crippen LogP contribution < -0.4 is 5.32 Å². The molecule has 1 aliphatic rings. The molecular weight excluding hydrogens is 620 g/mol. The van der Waals surface area contributed by atoms with E-state index in [2.05, 4.69) is 31.6 Å². The molecule has 12 nitrogen and oxygen atoms in total. The van der Waals surface area contributed by atoms with Crippen LogP contribution in [0, 0.1) is 18.8 Å². The van der Waals surface area contributed by atoms with Crippen molar-refractivity contribution in [2.24, 2.45) is 11.4 Å². The molecule has 0 aliphatic carbocycles. The number of aryl methyl sites for hydroxylation is 2. The summed E-state index contributed by atoms with van der Waals surface area (Å²) in [5, 5.41) is 26.5. The second-order valence-electron chi connectivity index (χ2n) is 11.2. The number of nitrogens with one attached hydrogen (secondary N) is 1. The van der Waals surface area contributed by atoms with E-state index in [-0.39, 0.29) is 36.7 Å². The normalized spacial score (nSPS) is 17.3. The van der Waals surface area contributed by atoms with Crippen molar-refractivity contribution >= 4 is 33.2 Å². The average molecular weight is 655 g/mol. The zero-order valence-corrected chi connectivity index (χ0v) is 26.7. The van der Waals surface area contributed by atoms with Gasteiger partial charge in [-0.1, -0.05) is 36.1 Å². The minimum absolute atomic E-state index is 0.0156. The summed E-state index contributed by atoms with van der Waals surface area (Å²) < 4.78 is 19.9. The van der Waals surface area contributed by atoms with E-state index >= 15 is 0 Å². The van der Waals surface area contributed by atoms with Crippen molar-refractivity contribution in [1.29, 1.82) is 0 Å². The minimum atomic E-state index is -3.23. The maximum Gasteiger partial charge on any atom is 0.321 e. The Morgan fingerprint density at radius 1 is 1.04 bits per heavy atom. The van der Waals surface area contributed by atoms with Gasteiger partial charge in [0.25, 0.3) is 11.8 Å². The highest BCUT2D eigenvalue weighted by Gasteiger charge is 2.35. The summed E-state index contributed by atoms with van der Waals surface area (Å²) in [6.07, 6.45) is 2.52. The van der Waals surface area contributed by atoms with Crippen LogP contribution in [0.1, 0.15) is 50.5 Å². The second kappa shape index (κ2) is 14.5. The molecule has 242 valence electrons. The Morgan fingerprint density at radius 2 is 1.81 bits per heavy atom. The SMILES string of the molecule is Cc1cc(C(=O)Nc2cccc(C#Cc3cncc(C(=O)N=[S@](=O)(CCCN4C[C@@H](O)C[C@@H]4C(=O)O)c4ccccc4)c3)c2)n(C)n1. The van der Waals surface area contributed by atoms with Gasteiger partial charge in [-0.05, 0) is 55.8 Å². The third kappa shape index (κ3) is 8.36. The van der Waals surface area contributed by atoms with Crippen molar-refractivity contribution in [2.75, 3.05) is 24.2 Å². The second-order valence-corrected chi connectivity index (χ2v) is 13.5. The predicted octanol–water partition coefficient (Wildman–Crippen LogP) is 3.35. The van der Waals surface area contributed by atoms with Crippen LogP contribution in [0.15, 0.2) is 88.4 Å². The molecule has 13 heteroatoms. The molecule has 3 heterocycles. The van der Waals surface area contributed by atoms with Crippen LogP contribution >= 0.6 is 0 Å². The Hall–Kier alpha value is -5.16. The maximum atomic E-state index is 14.2.